The number of carbonyl (C=O) groups excluding carboxylic acids is 2. The van der Waals surface area contributed by atoms with Crippen molar-refractivity contribution in [3.05, 3.63) is 70.7 Å². The van der Waals surface area contributed by atoms with E-state index in [9.17, 15) is 14.7 Å². The summed E-state index contributed by atoms with van der Waals surface area (Å²) in [6.07, 6.45) is -0.557. The maximum absolute atomic E-state index is 13.0. The van der Waals surface area contributed by atoms with Gasteiger partial charge in [-0.15, -0.1) is 0 Å². The molecule has 0 radical (unpaired) electrons. The molecule has 30 heavy (non-hydrogen) atoms. The van der Waals surface area contributed by atoms with E-state index in [4.69, 9.17) is 16.3 Å². The van der Waals surface area contributed by atoms with Gasteiger partial charge >= 0.3 is 0 Å². The van der Waals surface area contributed by atoms with Crippen LogP contribution in [0.4, 0.5) is 0 Å². The van der Waals surface area contributed by atoms with Gasteiger partial charge in [-0.1, -0.05) is 41.9 Å². The summed E-state index contributed by atoms with van der Waals surface area (Å²) >= 11 is 5.94. The molecule has 2 N–H and O–H groups in total. The predicted octanol–water partition coefficient (Wildman–Crippen LogP) is 2.60. The summed E-state index contributed by atoms with van der Waals surface area (Å²) < 4.78 is 5.22. The molecule has 2 amide bonds. The number of amides is 2. The average molecular weight is 429 g/mol. The van der Waals surface area contributed by atoms with Gasteiger partial charge in [0.25, 0.3) is 5.91 Å². The van der Waals surface area contributed by atoms with Crippen LogP contribution in [0.25, 0.3) is 0 Å². The van der Waals surface area contributed by atoms with Crippen molar-refractivity contribution in [1.29, 1.82) is 0 Å². The van der Waals surface area contributed by atoms with Crippen LogP contribution in [0.5, 0.6) is 0 Å². The fourth-order valence-corrected chi connectivity index (χ4v) is 4.32. The molecule has 7 heteroatoms. The Labute approximate surface area is 180 Å². The van der Waals surface area contributed by atoms with Crippen molar-refractivity contribution in [2.24, 2.45) is 5.41 Å². The van der Waals surface area contributed by atoms with Gasteiger partial charge in [0.1, 0.15) is 0 Å². The lowest BCUT2D eigenvalue weighted by Gasteiger charge is -2.49. The molecule has 158 valence electrons. The highest BCUT2D eigenvalue weighted by molar-refractivity contribution is 6.30. The van der Waals surface area contributed by atoms with Crippen LogP contribution >= 0.6 is 11.6 Å². The second-order valence-electron chi connectivity index (χ2n) is 8.37. The Balaban J connectivity index is 1.60. The maximum Gasteiger partial charge on any atom is 0.252 e. The zero-order valence-corrected chi connectivity index (χ0v) is 17.6. The smallest absolute Gasteiger partial charge is 0.252 e. The summed E-state index contributed by atoms with van der Waals surface area (Å²) in [6.45, 7) is 3.25. The van der Waals surface area contributed by atoms with E-state index in [1.807, 2.05) is 37.3 Å². The topological polar surface area (TPSA) is 78.9 Å². The van der Waals surface area contributed by atoms with Gasteiger partial charge in [-0.05, 0) is 43.2 Å². The fourth-order valence-electron chi connectivity index (χ4n) is 4.20. The molecular formula is C23H25ClN2O4. The molecule has 0 aliphatic carbocycles. The number of hydrogen-bond acceptors (Lipinski definition) is 4. The molecule has 4 rings (SSSR count). The Hall–Kier alpha value is -2.41. The largest absolute Gasteiger partial charge is 0.388 e. The van der Waals surface area contributed by atoms with Gasteiger partial charge in [0, 0.05) is 23.7 Å². The molecule has 2 fully saturated rings. The van der Waals surface area contributed by atoms with Gasteiger partial charge in [-0.2, -0.15) is 0 Å². The van der Waals surface area contributed by atoms with Crippen LogP contribution in [0, 0.1) is 5.41 Å². The minimum absolute atomic E-state index is 0.0153. The lowest BCUT2D eigenvalue weighted by Crippen LogP contribution is -2.65. The van der Waals surface area contributed by atoms with Crippen LogP contribution in [0.1, 0.15) is 29.3 Å². The highest BCUT2D eigenvalue weighted by Crippen LogP contribution is 2.37. The molecule has 2 aliphatic rings. The number of rotatable bonds is 4. The zero-order valence-electron chi connectivity index (χ0n) is 16.8. The third kappa shape index (κ3) is 3.71. The van der Waals surface area contributed by atoms with Gasteiger partial charge in [0.2, 0.25) is 5.91 Å². The quantitative estimate of drug-likeness (QED) is 0.784. The molecule has 2 heterocycles. The number of nitrogens with one attached hydrogen (secondary N) is 1. The molecule has 2 aliphatic heterocycles. The van der Waals surface area contributed by atoms with Crippen molar-refractivity contribution < 1.29 is 19.4 Å². The van der Waals surface area contributed by atoms with Crippen LogP contribution in [0.15, 0.2) is 54.6 Å². The number of halogens is 1. The Morgan fingerprint density at radius 3 is 2.37 bits per heavy atom. The number of ether oxygens (including phenoxy) is 1. The monoisotopic (exact) mass is 428 g/mol. The predicted molar refractivity (Wildman–Crippen MR) is 113 cm³/mol. The summed E-state index contributed by atoms with van der Waals surface area (Å²) in [7, 11) is 0. The Morgan fingerprint density at radius 1 is 1.13 bits per heavy atom. The number of likely N-dealkylation sites (tertiary alicyclic amines) is 1. The van der Waals surface area contributed by atoms with Crippen molar-refractivity contribution >= 4 is 23.4 Å². The van der Waals surface area contributed by atoms with Crippen molar-refractivity contribution in [1.82, 2.24) is 10.2 Å². The molecule has 2 atom stereocenters. The van der Waals surface area contributed by atoms with Crippen molar-refractivity contribution in [3.8, 4) is 0 Å². The van der Waals surface area contributed by atoms with E-state index >= 15 is 0 Å². The Morgan fingerprint density at radius 2 is 1.80 bits per heavy atom. The summed E-state index contributed by atoms with van der Waals surface area (Å²) in [4.78, 5) is 27.6. The molecule has 2 aromatic carbocycles. The van der Waals surface area contributed by atoms with Crippen molar-refractivity contribution in [3.63, 3.8) is 0 Å². The van der Waals surface area contributed by atoms with Crippen LogP contribution in [0.2, 0.25) is 5.02 Å². The number of nitrogens with zero attached hydrogens (tertiary/aromatic N) is 1. The first-order valence-corrected chi connectivity index (χ1v) is 10.4. The first-order valence-electron chi connectivity index (χ1n) is 10.0. The standard InChI is InChI=1S/C23H25ClN2O4/c1-22(14-30-15-22)21(29)26-12-11-23(19(27)13-26,17-5-3-2-4-6-17)25-20(28)16-7-9-18(24)10-8-16/h2-10,19,27H,11-15H2,1H3,(H,25,28)/t19-,23+/m1/s1. The molecule has 0 bridgehead atoms. The third-order valence-corrected chi connectivity index (χ3v) is 6.37. The lowest BCUT2D eigenvalue weighted by atomic mass is 9.77. The Bertz CT molecular complexity index is 930. The molecular weight excluding hydrogens is 404 g/mol. The maximum atomic E-state index is 13.0. The number of aliphatic hydroxyl groups is 1. The molecule has 0 aromatic heterocycles. The molecule has 0 saturated carbocycles. The number of β-amino-alcohol motifs (C(OH)–C–C–N with tert-alkyl or cyclic N) is 1. The van der Waals surface area contributed by atoms with Gasteiger partial charge in [0.15, 0.2) is 0 Å². The molecule has 2 saturated heterocycles. The van der Waals surface area contributed by atoms with Gasteiger partial charge in [0.05, 0.1) is 30.3 Å². The summed E-state index contributed by atoms with van der Waals surface area (Å²) in [5.74, 6) is -0.313. The van der Waals surface area contributed by atoms with Crippen LogP contribution in [-0.4, -0.2) is 54.2 Å². The normalized spacial score (nSPS) is 25.3. The van der Waals surface area contributed by atoms with Crippen molar-refractivity contribution in [2.45, 2.75) is 25.0 Å². The second kappa shape index (κ2) is 8.02. The zero-order chi connectivity index (χ0) is 21.4. The van der Waals surface area contributed by atoms with E-state index in [1.54, 1.807) is 29.2 Å². The third-order valence-electron chi connectivity index (χ3n) is 6.11. The number of piperidine rings is 1. The highest BCUT2D eigenvalue weighted by atomic mass is 35.5. The van der Waals surface area contributed by atoms with E-state index in [1.165, 1.54) is 0 Å². The fraction of sp³-hybridized carbons (Fsp3) is 0.391. The van der Waals surface area contributed by atoms with Crippen LogP contribution < -0.4 is 5.32 Å². The van der Waals surface area contributed by atoms with E-state index in [0.717, 1.165) is 5.56 Å². The highest BCUT2D eigenvalue weighted by Gasteiger charge is 2.50. The number of hydrogen-bond donors (Lipinski definition) is 2. The van der Waals surface area contributed by atoms with Gasteiger partial charge < -0.3 is 20.1 Å². The van der Waals surface area contributed by atoms with E-state index in [0.29, 0.717) is 36.8 Å². The van der Waals surface area contributed by atoms with E-state index in [2.05, 4.69) is 5.32 Å². The summed E-state index contributed by atoms with van der Waals surface area (Å²) in [5.41, 5.74) is -0.255. The first-order chi connectivity index (χ1) is 14.3. The number of carbonyl (C=O) groups is 2. The first kappa shape index (κ1) is 20.8. The van der Waals surface area contributed by atoms with Crippen LogP contribution in [-0.2, 0) is 15.1 Å². The second-order valence-corrected chi connectivity index (χ2v) is 8.81. The number of benzene rings is 2. The van der Waals surface area contributed by atoms with Gasteiger partial charge in [-0.25, -0.2) is 0 Å². The SMILES string of the molecule is CC1(C(=O)N2CC[C@](NC(=O)c3ccc(Cl)cc3)(c3ccccc3)[C@H](O)C2)COC1. The number of aliphatic hydroxyl groups excluding tert-OH is 1. The molecule has 0 unspecified atom stereocenters. The molecule has 0 spiro atoms. The average Bonchev–Trinajstić information content (AvgIpc) is 2.74. The molecule has 6 nitrogen and oxygen atoms in total. The van der Waals surface area contributed by atoms with E-state index in [-0.39, 0.29) is 18.4 Å². The Kier molecular flexibility index (Phi) is 5.57. The van der Waals surface area contributed by atoms with Crippen molar-refractivity contribution in [2.75, 3.05) is 26.3 Å². The lowest BCUT2D eigenvalue weighted by molar-refractivity contribution is -0.173. The molecule has 2 aromatic rings. The van der Waals surface area contributed by atoms with Crippen LogP contribution in [0.3, 0.4) is 0 Å². The minimum atomic E-state index is -0.994. The van der Waals surface area contributed by atoms with Gasteiger partial charge in [-0.3, -0.25) is 9.59 Å². The summed E-state index contributed by atoms with van der Waals surface area (Å²) in [5, 5.41) is 14.8. The van der Waals surface area contributed by atoms with E-state index < -0.39 is 17.1 Å². The minimum Gasteiger partial charge on any atom is -0.388 e. The summed E-state index contributed by atoms with van der Waals surface area (Å²) in [6, 6.07) is 16.0.